The molecule has 26 heavy (non-hydrogen) atoms. The predicted octanol–water partition coefficient (Wildman–Crippen LogP) is 4.79. The van der Waals surface area contributed by atoms with E-state index in [1.807, 2.05) is 24.3 Å². The van der Waals surface area contributed by atoms with Crippen LogP contribution in [0.4, 0.5) is 17.3 Å². The number of benzene rings is 2. The van der Waals surface area contributed by atoms with Crippen molar-refractivity contribution in [3.8, 4) is 5.75 Å². The first-order valence-electron chi connectivity index (χ1n) is 7.55. The minimum absolute atomic E-state index is 0.284. The third-order valence-electron chi connectivity index (χ3n) is 3.44. The van der Waals surface area contributed by atoms with E-state index < -0.39 is 5.91 Å². The number of ether oxygens (including phenoxy) is 1. The van der Waals surface area contributed by atoms with Crippen LogP contribution in [0.25, 0.3) is 0 Å². The zero-order chi connectivity index (χ0) is 18.5. The van der Waals surface area contributed by atoms with Gasteiger partial charge in [0.05, 0.1) is 29.1 Å². The Labute approximate surface area is 160 Å². The molecule has 6 nitrogen and oxygen atoms in total. The summed E-state index contributed by atoms with van der Waals surface area (Å²) in [6, 6.07) is 12.2. The standard InChI is InChI=1S/C18H14Cl2N4O2/c1-26-16-5-3-2-4-14(16)24-18-21-9-11(10-22-18)17(25)23-15-8-12(19)6-7-13(15)20/h2-10H,1H3,(H,23,25)(H,21,22,24). The molecule has 0 spiro atoms. The number of carbonyl (C=O) groups excluding carboxylic acids is 1. The third-order valence-corrected chi connectivity index (χ3v) is 4.01. The summed E-state index contributed by atoms with van der Waals surface area (Å²) in [7, 11) is 1.58. The highest BCUT2D eigenvalue weighted by Crippen LogP contribution is 2.27. The Bertz CT molecular complexity index is 933. The Kier molecular flexibility index (Phi) is 5.55. The number of rotatable bonds is 5. The first-order chi connectivity index (χ1) is 12.6. The van der Waals surface area contributed by atoms with E-state index in [1.54, 1.807) is 25.3 Å². The number of anilines is 3. The second-order valence-electron chi connectivity index (χ2n) is 5.20. The molecule has 0 aliphatic heterocycles. The van der Waals surface area contributed by atoms with Gasteiger partial charge in [0.25, 0.3) is 5.91 Å². The van der Waals surface area contributed by atoms with Gasteiger partial charge in [-0.3, -0.25) is 4.79 Å². The van der Waals surface area contributed by atoms with Crippen molar-refractivity contribution in [3.05, 3.63) is 70.5 Å². The summed E-state index contributed by atoms with van der Waals surface area (Å²) >= 11 is 12.0. The summed E-state index contributed by atoms with van der Waals surface area (Å²) in [6.07, 6.45) is 2.83. The van der Waals surface area contributed by atoms with E-state index in [2.05, 4.69) is 20.6 Å². The average molecular weight is 389 g/mol. The molecule has 0 saturated carbocycles. The topological polar surface area (TPSA) is 76.1 Å². The van der Waals surface area contributed by atoms with Crippen LogP contribution in [0.1, 0.15) is 10.4 Å². The Balaban J connectivity index is 1.73. The molecule has 3 rings (SSSR count). The third kappa shape index (κ3) is 4.22. The maximum atomic E-state index is 12.3. The number of halogens is 2. The lowest BCUT2D eigenvalue weighted by atomic mass is 10.2. The molecule has 0 saturated heterocycles. The predicted molar refractivity (Wildman–Crippen MR) is 103 cm³/mol. The van der Waals surface area contributed by atoms with Crippen LogP contribution in [0.15, 0.2) is 54.9 Å². The molecule has 1 aromatic heterocycles. The number of methoxy groups -OCH3 is 1. The highest BCUT2D eigenvalue weighted by atomic mass is 35.5. The van der Waals surface area contributed by atoms with Crippen LogP contribution in [0.2, 0.25) is 10.0 Å². The number of nitrogens with zero attached hydrogens (tertiary/aromatic N) is 2. The molecule has 0 fully saturated rings. The lowest BCUT2D eigenvalue weighted by Crippen LogP contribution is -2.13. The van der Waals surface area contributed by atoms with Gasteiger partial charge in [0.1, 0.15) is 5.75 Å². The molecule has 0 bridgehead atoms. The smallest absolute Gasteiger partial charge is 0.258 e. The van der Waals surface area contributed by atoms with Crippen molar-refractivity contribution < 1.29 is 9.53 Å². The number of hydrogen-bond donors (Lipinski definition) is 2. The van der Waals surface area contributed by atoms with Gasteiger partial charge in [0, 0.05) is 17.4 Å². The number of aromatic nitrogens is 2. The zero-order valence-electron chi connectivity index (χ0n) is 13.7. The molecule has 8 heteroatoms. The SMILES string of the molecule is COc1ccccc1Nc1ncc(C(=O)Nc2cc(Cl)ccc2Cl)cn1. The molecule has 0 radical (unpaired) electrons. The first kappa shape index (κ1) is 18.0. The van der Waals surface area contributed by atoms with E-state index in [-0.39, 0.29) is 5.56 Å². The quantitative estimate of drug-likeness (QED) is 0.656. The fourth-order valence-electron chi connectivity index (χ4n) is 2.17. The fraction of sp³-hybridized carbons (Fsp3) is 0.0556. The Morgan fingerprint density at radius 1 is 1.04 bits per heavy atom. The minimum Gasteiger partial charge on any atom is -0.495 e. The maximum absolute atomic E-state index is 12.3. The number of hydrogen-bond acceptors (Lipinski definition) is 5. The van der Waals surface area contributed by atoms with Gasteiger partial charge in [-0.15, -0.1) is 0 Å². The second kappa shape index (κ2) is 8.03. The van der Waals surface area contributed by atoms with Crippen LogP contribution >= 0.6 is 23.2 Å². The van der Waals surface area contributed by atoms with Gasteiger partial charge in [-0.05, 0) is 30.3 Å². The maximum Gasteiger partial charge on any atom is 0.258 e. The van der Waals surface area contributed by atoms with E-state index in [0.717, 1.165) is 5.69 Å². The molecule has 0 atom stereocenters. The number of para-hydroxylation sites is 2. The van der Waals surface area contributed by atoms with E-state index in [4.69, 9.17) is 27.9 Å². The molecule has 132 valence electrons. The summed E-state index contributed by atoms with van der Waals surface area (Å²) < 4.78 is 5.26. The first-order valence-corrected chi connectivity index (χ1v) is 8.31. The van der Waals surface area contributed by atoms with Gasteiger partial charge in [0.2, 0.25) is 5.95 Å². The van der Waals surface area contributed by atoms with Crippen LogP contribution in [-0.2, 0) is 0 Å². The summed E-state index contributed by atoms with van der Waals surface area (Å²) in [5, 5.41) is 6.57. The van der Waals surface area contributed by atoms with Crippen molar-refractivity contribution >= 4 is 46.4 Å². The van der Waals surface area contributed by atoms with Gasteiger partial charge in [-0.25, -0.2) is 9.97 Å². The van der Waals surface area contributed by atoms with Gasteiger partial charge in [-0.1, -0.05) is 35.3 Å². The molecule has 1 heterocycles. The highest BCUT2D eigenvalue weighted by Gasteiger charge is 2.11. The monoisotopic (exact) mass is 388 g/mol. The van der Waals surface area contributed by atoms with E-state index in [9.17, 15) is 4.79 Å². The van der Waals surface area contributed by atoms with Crippen molar-refractivity contribution in [2.75, 3.05) is 17.7 Å². The molecule has 3 aromatic rings. The second-order valence-corrected chi connectivity index (χ2v) is 6.04. The zero-order valence-corrected chi connectivity index (χ0v) is 15.2. The Hall–Kier alpha value is -2.83. The van der Waals surface area contributed by atoms with E-state index in [0.29, 0.717) is 27.4 Å². The largest absolute Gasteiger partial charge is 0.495 e. The van der Waals surface area contributed by atoms with Gasteiger partial charge >= 0.3 is 0 Å². The molecular formula is C18H14Cl2N4O2. The number of carbonyl (C=O) groups is 1. The Morgan fingerprint density at radius 3 is 2.50 bits per heavy atom. The van der Waals surface area contributed by atoms with Gasteiger partial charge in [0.15, 0.2) is 0 Å². The van der Waals surface area contributed by atoms with Crippen molar-refractivity contribution in [3.63, 3.8) is 0 Å². The lowest BCUT2D eigenvalue weighted by Gasteiger charge is -2.10. The van der Waals surface area contributed by atoms with Crippen molar-refractivity contribution in [2.45, 2.75) is 0 Å². The van der Waals surface area contributed by atoms with Crippen LogP contribution in [0, 0.1) is 0 Å². The molecule has 0 aliphatic rings. The highest BCUT2D eigenvalue weighted by molar-refractivity contribution is 6.35. The summed E-state index contributed by atoms with van der Waals surface area (Å²) in [5.74, 6) is 0.610. The lowest BCUT2D eigenvalue weighted by molar-refractivity contribution is 0.102. The molecule has 1 amide bonds. The fourth-order valence-corrected chi connectivity index (χ4v) is 2.50. The number of nitrogens with one attached hydrogen (secondary N) is 2. The summed E-state index contributed by atoms with van der Waals surface area (Å²) in [5.41, 5.74) is 1.42. The Morgan fingerprint density at radius 2 is 1.77 bits per heavy atom. The summed E-state index contributed by atoms with van der Waals surface area (Å²) in [6.45, 7) is 0. The van der Waals surface area contributed by atoms with Gasteiger partial charge < -0.3 is 15.4 Å². The van der Waals surface area contributed by atoms with E-state index in [1.165, 1.54) is 12.4 Å². The van der Waals surface area contributed by atoms with Crippen LogP contribution < -0.4 is 15.4 Å². The van der Waals surface area contributed by atoms with Crippen molar-refractivity contribution in [1.29, 1.82) is 0 Å². The van der Waals surface area contributed by atoms with Gasteiger partial charge in [-0.2, -0.15) is 0 Å². The minimum atomic E-state index is -0.391. The van der Waals surface area contributed by atoms with Crippen molar-refractivity contribution in [1.82, 2.24) is 9.97 Å². The molecule has 2 aromatic carbocycles. The normalized spacial score (nSPS) is 10.3. The van der Waals surface area contributed by atoms with Crippen LogP contribution in [0.5, 0.6) is 5.75 Å². The van der Waals surface area contributed by atoms with Crippen molar-refractivity contribution in [2.24, 2.45) is 0 Å². The molecule has 0 unspecified atom stereocenters. The molecule has 0 aliphatic carbocycles. The average Bonchev–Trinajstić information content (AvgIpc) is 2.65. The van der Waals surface area contributed by atoms with Crippen LogP contribution in [-0.4, -0.2) is 23.0 Å². The molecular weight excluding hydrogens is 375 g/mol. The summed E-state index contributed by atoms with van der Waals surface area (Å²) in [4.78, 5) is 20.6. The number of amides is 1. The van der Waals surface area contributed by atoms with E-state index >= 15 is 0 Å². The van der Waals surface area contributed by atoms with Crippen LogP contribution in [0.3, 0.4) is 0 Å². The molecule has 2 N–H and O–H groups in total.